The van der Waals surface area contributed by atoms with E-state index in [1.54, 1.807) is 12.1 Å². The predicted molar refractivity (Wildman–Crippen MR) is 107 cm³/mol. The first-order chi connectivity index (χ1) is 13.6. The Morgan fingerprint density at radius 1 is 1.11 bits per heavy atom. The molecule has 1 heterocycles. The fourth-order valence-corrected chi connectivity index (χ4v) is 2.93. The largest absolute Gasteiger partial charge is 0.443 e. The van der Waals surface area contributed by atoms with Gasteiger partial charge in [-0.05, 0) is 30.5 Å². The number of nitrogens with two attached hydrogens (primary N) is 1. The highest BCUT2D eigenvalue weighted by molar-refractivity contribution is 6.02. The second-order valence-corrected chi connectivity index (χ2v) is 6.60. The second-order valence-electron chi connectivity index (χ2n) is 6.60. The molecule has 0 bridgehead atoms. The molecule has 3 rings (SSSR count). The zero-order chi connectivity index (χ0) is 19.8. The van der Waals surface area contributed by atoms with Crippen molar-refractivity contribution in [1.82, 2.24) is 10.6 Å². The van der Waals surface area contributed by atoms with Crippen molar-refractivity contribution < 1.29 is 14.3 Å². The number of benzene rings is 2. The standard InChI is InChI=1S/C21H24N4O3/c22-19(25-21(27)28-14-16-5-2-1-3-6-16)17-10-8-15(9-11-17)13-24-20(26)18-7-4-12-23-18/h1-3,5-6,8-11,18,23H,4,7,12-14H2,(H,24,26)(H2,22,25,27). The SMILES string of the molecule is N/C(=N/C(=O)OCc1ccccc1)c1ccc(CNC(=O)C2CCCN2)cc1. The normalized spacial score (nSPS) is 16.6. The van der Waals surface area contributed by atoms with Crippen LogP contribution in [0.2, 0.25) is 0 Å². The molecule has 146 valence electrons. The molecule has 0 radical (unpaired) electrons. The van der Waals surface area contributed by atoms with E-state index in [1.807, 2.05) is 42.5 Å². The fourth-order valence-electron chi connectivity index (χ4n) is 2.93. The summed E-state index contributed by atoms with van der Waals surface area (Å²) in [5.74, 6) is 0.104. The van der Waals surface area contributed by atoms with Crippen molar-refractivity contribution in [3.8, 4) is 0 Å². The summed E-state index contributed by atoms with van der Waals surface area (Å²) in [7, 11) is 0. The Morgan fingerprint density at radius 3 is 2.54 bits per heavy atom. The van der Waals surface area contributed by atoms with Gasteiger partial charge < -0.3 is 21.1 Å². The monoisotopic (exact) mass is 380 g/mol. The summed E-state index contributed by atoms with van der Waals surface area (Å²) in [6.07, 6.45) is 1.17. The Bertz CT molecular complexity index is 828. The Morgan fingerprint density at radius 2 is 1.86 bits per heavy atom. The third-order valence-corrected chi connectivity index (χ3v) is 4.51. The highest BCUT2D eigenvalue weighted by atomic mass is 16.5. The number of nitrogens with zero attached hydrogens (tertiary/aromatic N) is 1. The van der Waals surface area contributed by atoms with Crippen molar-refractivity contribution in [3.63, 3.8) is 0 Å². The summed E-state index contributed by atoms with van der Waals surface area (Å²) in [5.41, 5.74) is 8.32. The first-order valence-electron chi connectivity index (χ1n) is 9.27. The van der Waals surface area contributed by atoms with Crippen LogP contribution in [-0.4, -0.2) is 30.4 Å². The molecular formula is C21H24N4O3. The Balaban J connectivity index is 1.49. The number of amides is 2. The molecule has 4 N–H and O–H groups in total. The molecule has 2 amide bonds. The number of ether oxygens (including phenoxy) is 1. The van der Waals surface area contributed by atoms with E-state index < -0.39 is 6.09 Å². The zero-order valence-electron chi connectivity index (χ0n) is 15.6. The Labute approximate surface area is 164 Å². The minimum Gasteiger partial charge on any atom is -0.443 e. The van der Waals surface area contributed by atoms with Crippen LogP contribution in [0.5, 0.6) is 0 Å². The van der Waals surface area contributed by atoms with Crippen LogP contribution in [0.25, 0.3) is 0 Å². The smallest absolute Gasteiger partial charge is 0.435 e. The molecule has 1 aliphatic rings. The quantitative estimate of drug-likeness (QED) is 0.526. The van der Waals surface area contributed by atoms with Crippen molar-refractivity contribution in [2.24, 2.45) is 10.7 Å². The lowest BCUT2D eigenvalue weighted by Crippen LogP contribution is -2.39. The molecule has 0 aromatic heterocycles. The molecule has 7 nitrogen and oxygen atoms in total. The van der Waals surface area contributed by atoms with Gasteiger partial charge in [-0.25, -0.2) is 4.79 Å². The van der Waals surface area contributed by atoms with E-state index in [9.17, 15) is 9.59 Å². The number of carbonyl (C=O) groups excluding carboxylic acids is 2. The molecule has 0 spiro atoms. The average molecular weight is 380 g/mol. The van der Waals surface area contributed by atoms with Gasteiger partial charge in [-0.15, -0.1) is 0 Å². The van der Waals surface area contributed by atoms with Crippen LogP contribution >= 0.6 is 0 Å². The lowest BCUT2D eigenvalue weighted by atomic mass is 10.1. The maximum atomic E-state index is 12.0. The molecule has 1 atom stereocenters. The van der Waals surface area contributed by atoms with Crippen molar-refractivity contribution >= 4 is 17.8 Å². The van der Waals surface area contributed by atoms with Gasteiger partial charge >= 0.3 is 6.09 Å². The van der Waals surface area contributed by atoms with Crippen LogP contribution in [0.4, 0.5) is 4.79 Å². The van der Waals surface area contributed by atoms with Gasteiger partial charge in [0.1, 0.15) is 12.4 Å². The topological polar surface area (TPSA) is 106 Å². The number of rotatable bonds is 6. The van der Waals surface area contributed by atoms with Crippen molar-refractivity contribution in [2.75, 3.05) is 6.54 Å². The second kappa shape index (κ2) is 9.66. The number of hydrogen-bond donors (Lipinski definition) is 3. The summed E-state index contributed by atoms with van der Waals surface area (Å²) < 4.78 is 5.10. The fraction of sp³-hybridized carbons (Fsp3) is 0.286. The van der Waals surface area contributed by atoms with E-state index in [2.05, 4.69) is 15.6 Å². The number of amidine groups is 1. The van der Waals surface area contributed by atoms with Gasteiger partial charge in [0.15, 0.2) is 0 Å². The van der Waals surface area contributed by atoms with Gasteiger partial charge in [-0.2, -0.15) is 4.99 Å². The average Bonchev–Trinajstić information content (AvgIpc) is 3.26. The Hall–Kier alpha value is -3.19. The zero-order valence-corrected chi connectivity index (χ0v) is 15.6. The van der Waals surface area contributed by atoms with Gasteiger partial charge in [-0.3, -0.25) is 4.79 Å². The molecule has 2 aromatic carbocycles. The number of nitrogens with one attached hydrogen (secondary N) is 2. The minimum absolute atomic E-state index is 0.0174. The summed E-state index contributed by atoms with van der Waals surface area (Å²) in [6.45, 7) is 1.47. The van der Waals surface area contributed by atoms with Crippen LogP contribution in [0, 0.1) is 0 Å². The molecule has 1 fully saturated rings. The van der Waals surface area contributed by atoms with Crippen molar-refractivity contribution in [1.29, 1.82) is 0 Å². The highest BCUT2D eigenvalue weighted by Gasteiger charge is 2.21. The summed E-state index contributed by atoms with van der Waals surface area (Å²) in [5, 5.41) is 6.08. The highest BCUT2D eigenvalue weighted by Crippen LogP contribution is 2.08. The molecule has 0 aliphatic carbocycles. The molecule has 1 saturated heterocycles. The molecule has 2 aromatic rings. The van der Waals surface area contributed by atoms with Crippen molar-refractivity contribution in [3.05, 3.63) is 71.3 Å². The third-order valence-electron chi connectivity index (χ3n) is 4.51. The lowest BCUT2D eigenvalue weighted by molar-refractivity contribution is -0.122. The molecule has 28 heavy (non-hydrogen) atoms. The van der Waals surface area contributed by atoms with Gasteiger partial charge in [0.2, 0.25) is 5.91 Å². The predicted octanol–water partition coefficient (Wildman–Crippen LogP) is 2.10. The van der Waals surface area contributed by atoms with Crippen LogP contribution in [0.3, 0.4) is 0 Å². The van der Waals surface area contributed by atoms with Gasteiger partial charge in [0.05, 0.1) is 6.04 Å². The molecular weight excluding hydrogens is 356 g/mol. The van der Waals surface area contributed by atoms with E-state index in [0.29, 0.717) is 12.1 Å². The van der Waals surface area contributed by atoms with Crippen LogP contribution in [0.15, 0.2) is 59.6 Å². The molecule has 1 unspecified atom stereocenters. The van der Waals surface area contributed by atoms with Gasteiger partial charge in [-0.1, -0.05) is 54.6 Å². The number of hydrogen-bond acceptors (Lipinski definition) is 4. The first-order valence-corrected chi connectivity index (χ1v) is 9.27. The number of aliphatic imine (C=N–C) groups is 1. The summed E-state index contributed by atoms with van der Waals surface area (Å²) >= 11 is 0. The Kier molecular flexibility index (Phi) is 6.75. The molecule has 1 aliphatic heterocycles. The first kappa shape index (κ1) is 19.6. The molecule has 7 heteroatoms. The van der Waals surface area contributed by atoms with E-state index in [-0.39, 0.29) is 24.4 Å². The maximum Gasteiger partial charge on any atom is 0.435 e. The number of carbonyl (C=O) groups is 2. The van der Waals surface area contributed by atoms with E-state index >= 15 is 0 Å². The van der Waals surface area contributed by atoms with E-state index in [0.717, 1.165) is 30.5 Å². The van der Waals surface area contributed by atoms with Crippen LogP contribution < -0.4 is 16.4 Å². The summed E-state index contributed by atoms with van der Waals surface area (Å²) in [6, 6.07) is 16.5. The van der Waals surface area contributed by atoms with E-state index in [4.69, 9.17) is 10.5 Å². The van der Waals surface area contributed by atoms with Crippen LogP contribution in [-0.2, 0) is 22.7 Å². The third kappa shape index (κ3) is 5.65. The molecule has 0 saturated carbocycles. The van der Waals surface area contributed by atoms with Crippen LogP contribution in [0.1, 0.15) is 29.5 Å². The van der Waals surface area contributed by atoms with E-state index in [1.165, 1.54) is 0 Å². The van der Waals surface area contributed by atoms with Crippen molar-refractivity contribution in [2.45, 2.75) is 32.0 Å². The lowest BCUT2D eigenvalue weighted by Gasteiger charge is -2.11. The summed E-state index contributed by atoms with van der Waals surface area (Å²) in [4.78, 5) is 27.6. The van der Waals surface area contributed by atoms with Gasteiger partial charge in [0.25, 0.3) is 0 Å². The van der Waals surface area contributed by atoms with Gasteiger partial charge in [0, 0.05) is 12.1 Å². The maximum absolute atomic E-state index is 12.0. The minimum atomic E-state index is -0.734.